The SMILES string of the molecule is CC(C)NC(=O)[C@H]1[C@@H](C(=O)O)C1(C)C. The van der Waals surface area contributed by atoms with Gasteiger partial charge in [0.05, 0.1) is 11.8 Å². The van der Waals surface area contributed by atoms with E-state index in [0.29, 0.717) is 0 Å². The summed E-state index contributed by atoms with van der Waals surface area (Å²) in [6.45, 7) is 7.36. The molecule has 0 aliphatic heterocycles. The van der Waals surface area contributed by atoms with E-state index in [-0.39, 0.29) is 17.9 Å². The minimum absolute atomic E-state index is 0.0633. The van der Waals surface area contributed by atoms with Crippen LogP contribution in [0.4, 0.5) is 0 Å². The molecule has 1 fully saturated rings. The molecule has 80 valence electrons. The lowest BCUT2D eigenvalue weighted by atomic mass is 10.1. The zero-order valence-electron chi connectivity index (χ0n) is 9.00. The lowest BCUT2D eigenvalue weighted by molar-refractivity contribution is -0.140. The van der Waals surface area contributed by atoms with Crippen molar-refractivity contribution in [2.45, 2.75) is 33.7 Å². The van der Waals surface area contributed by atoms with E-state index >= 15 is 0 Å². The minimum atomic E-state index is -0.876. The molecule has 2 N–H and O–H groups in total. The molecule has 0 aromatic heterocycles. The van der Waals surface area contributed by atoms with Crippen molar-refractivity contribution in [3.05, 3.63) is 0 Å². The van der Waals surface area contributed by atoms with E-state index in [1.54, 1.807) is 0 Å². The van der Waals surface area contributed by atoms with Crippen LogP contribution in [0.15, 0.2) is 0 Å². The van der Waals surface area contributed by atoms with Crippen LogP contribution in [0.3, 0.4) is 0 Å². The van der Waals surface area contributed by atoms with Gasteiger partial charge >= 0.3 is 5.97 Å². The van der Waals surface area contributed by atoms with E-state index in [2.05, 4.69) is 5.32 Å². The number of rotatable bonds is 3. The normalized spacial score (nSPS) is 28.6. The second-order valence-electron chi connectivity index (χ2n) is 4.78. The van der Waals surface area contributed by atoms with Crippen molar-refractivity contribution in [3.8, 4) is 0 Å². The van der Waals surface area contributed by atoms with Crippen LogP contribution in [0.1, 0.15) is 27.7 Å². The van der Waals surface area contributed by atoms with Gasteiger partial charge in [-0.15, -0.1) is 0 Å². The molecule has 1 rings (SSSR count). The minimum Gasteiger partial charge on any atom is -0.481 e. The maximum atomic E-state index is 11.6. The number of carbonyl (C=O) groups is 2. The lowest BCUT2D eigenvalue weighted by Gasteiger charge is -2.08. The Balaban J connectivity index is 2.64. The van der Waals surface area contributed by atoms with Crippen molar-refractivity contribution in [3.63, 3.8) is 0 Å². The van der Waals surface area contributed by atoms with Crippen LogP contribution in [-0.2, 0) is 9.59 Å². The van der Waals surface area contributed by atoms with Crippen molar-refractivity contribution in [2.24, 2.45) is 17.3 Å². The fraction of sp³-hybridized carbons (Fsp3) is 0.800. The van der Waals surface area contributed by atoms with Gasteiger partial charge in [0.2, 0.25) is 5.91 Å². The van der Waals surface area contributed by atoms with Gasteiger partial charge in [0.15, 0.2) is 0 Å². The number of aliphatic carboxylic acids is 1. The third-order valence-electron chi connectivity index (χ3n) is 2.81. The first-order chi connectivity index (χ1) is 6.28. The Kier molecular flexibility index (Phi) is 2.56. The van der Waals surface area contributed by atoms with E-state index < -0.39 is 17.3 Å². The molecule has 0 aromatic carbocycles. The van der Waals surface area contributed by atoms with Gasteiger partial charge in [-0.3, -0.25) is 9.59 Å². The molecule has 0 bridgehead atoms. The second kappa shape index (κ2) is 3.26. The van der Waals surface area contributed by atoms with Crippen LogP contribution in [0.2, 0.25) is 0 Å². The molecule has 0 saturated heterocycles. The van der Waals surface area contributed by atoms with Crippen molar-refractivity contribution < 1.29 is 14.7 Å². The molecular weight excluding hydrogens is 182 g/mol. The number of amides is 1. The molecule has 1 amide bonds. The summed E-state index contributed by atoms with van der Waals surface area (Å²) in [5.41, 5.74) is -0.398. The maximum absolute atomic E-state index is 11.6. The fourth-order valence-corrected chi connectivity index (χ4v) is 1.96. The smallest absolute Gasteiger partial charge is 0.307 e. The van der Waals surface area contributed by atoms with Crippen LogP contribution in [-0.4, -0.2) is 23.0 Å². The monoisotopic (exact) mass is 199 g/mol. The molecule has 2 atom stereocenters. The van der Waals surface area contributed by atoms with Gasteiger partial charge in [-0.1, -0.05) is 13.8 Å². The van der Waals surface area contributed by atoms with Crippen molar-refractivity contribution in [2.75, 3.05) is 0 Å². The van der Waals surface area contributed by atoms with E-state index in [4.69, 9.17) is 5.11 Å². The standard InChI is InChI=1S/C10H17NO3/c1-5(2)11-8(12)6-7(9(13)14)10(6,3)4/h5-7H,1-4H3,(H,11,12)(H,13,14)/t6-,7+/m1/s1. The van der Waals surface area contributed by atoms with Gasteiger partial charge in [0.1, 0.15) is 0 Å². The molecule has 14 heavy (non-hydrogen) atoms. The maximum Gasteiger partial charge on any atom is 0.307 e. The fourth-order valence-electron chi connectivity index (χ4n) is 1.96. The van der Waals surface area contributed by atoms with Crippen LogP contribution >= 0.6 is 0 Å². The van der Waals surface area contributed by atoms with Crippen molar-refractivity contribution in [1.29, 1.82) is 0 Å². The second-order valence-corrected chi connectivity index (χ2v) is 4.78. The zero-order valence-corrected chi connectivity index (χ0v) is 9.00. The van der Waals surface area contributed by atoms with Crippen LogP contribution in [0.5, 0.6) is 0 Å². The number of nitrogens with one attached hydrogen (secondary N) is 1. The summed E-state index contributed by atoms with van der Waals surface area (Å²) < 4.78 is 0. The number of carbonyl (C=O) groups excluding carboxylic acids is 1. The quantitative estimate of drug-likeness (QED) is 0.708. The highest BCUT2D eigenvalue weighted by molar-refractivity contribution is 5.91. The molecule has 4 heteroatoms. The van der Waals surface area contributed by atoms with Crippen molar-refractivity contribution >= 4 is 11.9 Å². The van der Waals surface area contributed by atoms with Gasteiger partial charge in [-0.2, -0.15) is 0 Å². The Labute approximate surface area is 83.7 Å². The third kappa shape index (κ3) is 1.74. The summed E-state index contributed by atoms with van der Waals surface area (Å²) >= 11 is 0. The summed E-state index contributed by atoms with van der Waals surface area (Å²) in [6, 6.07) is 0.0633. The van der Waals surface area contributed by atoms with Crippen LogP contribution < -0.4 is 5.32 Å². The van der Waals surface area contributed by atoms with Gasteiger partial charge < -0.3 is 10.4 Å². The summed E-state index contributed by atoms with van der Waals surface area (Å²) in [5, 5.41) is 11.6. The van der Waals surface area contributed by atoms with E-state index in [1.807, 2.05) is 27.7 Å². The van der Waals surface area contributed by atoms with E-state index in [0.717, 1.165) is 0 Å². The Morgan fingerprint density at radius 2 is 1.79 bits per heavy atom. The molecule has 0 aromatic rings. The topological polar surface area (TPSA) is 66.4 Å². The predicted octanol–water partition coefficient (Wildman–Crippen LogP) is 0.868. The summed E-state index contributed by atoms with van der Waals surface area (Å²) in [4.78, 5) is 22.4. The molecule has 1 aliphatic rings. The zero-order chi connectivity index (χ0) is 11.1. The van der Waals surface area contributed by atoms with Crippen molar-refractivity contribution in [1.82, 2.24) is 5.32 Å². The molecule has 1 saturated carbocycles. The van der Waals surface area contributed by atoms with E-state index in [1.165, 1.54) is 0 Å². The Bertz CT molecular complexity index is 271. The highest BCUT2D eigenvalue weighted by Gasteiger charge is 2.65. The molecule has 0 radical (unpaired) electrons. The van der Waals surface area contributed by atoms with Gasteiger partial charge in [-0.25, -0.2) is 0 Å². The first kappa shape index (κ1) is 11.0. The highest BCUT2D eigenvalue weighted by Crippen LogP contribution is 2.58. The first-order valence-corrected chi connectivity index (χ1v) is 4.81. The summed E-state index contributed by atoms with van der Waals surface area (Å²) in [6.07, 6.45) is 0. The first-order valence-electron chi connectivity index (χ1n) is 4.81. The van der Waals surface area contributed by atoms with Crippen LogP contribution in [0, 0.1) is 17.3 Å². The average Bonchev–Trinajstić information content (AvgIpc) is 2.51. The predicted molar refractivity (Wildman–Crippen MR) is 51.7 cm³/mol. The number of carboxylic acid groups (broad SMARTS) is 1. The number of hydrogen-bond acceptors (Lipinski definition) is 2. The van der Waals surface area contributed by atoms with Gasteiger partial charge in [-0.05, 0) is 19.3 Å². The summed E-state index contributed by atoms with van der Waals surface area (Å²) in [5.74, 6) is -1.92. The lowest BCUT2D eigenvalue weighted by Crippen LogP contribution is -2.33. The van der Waals surface area contributed by atoms with Crippen LogP contribution in [0.25, 0.3) is 0 Å². The summed E-state index contributed by atoms with van der Waals surface area (Å²) in [7, 11) is 0. The molecule has 0 unspecified atom stereocenters. The molecule has 4 nitrogen and oxygen atoms in total. The van der Waals surface area contributed by atoms with E-state index in [9.17, 15) is 9.59 Å². The third-order valence-corrected chi connectivity index (χ3v) is 2.81. The molecule has 0 heterocycles. The number of carboxylic acids is 1. The molecular formula is C10H17NO3. The average molecular weight is 199 g/mol. The molecule has 0 spiro atoms. The Morgan fingerprint density at radius 1 is 1.29 bits per heavy atom. The highest BCUT2D eigenvalue weighted by atomic mass is 16.4. The van der Waals surface area contributed by atoms with Gasteiger partial charge in [0.25, 0.3) is 0 Å². The van der Waals surface area contributed by atoms with Gasteiger partial charge in [0, 0.05) is 6.04 Å². The number of hydrogen-bond donors (Lipinski definition) is 2. The Morgan fingerprint density at radius 3 is 2.07 bits per heavy atom. The largest absolute Gasteiger partial charge is 0.481 e. The molecule has 1 aliphatic carbocycles. The Hall–Kier alpha value is -1.06.